The van der Waals surface area contributed by atoms with Crippen molar-refractivity contribution in [3.05, 3.63) is 0 Å². The third-order valence-electron chi connectivity index (χ3n) is 0.679. The molecule has 0 aliphatic heterocycles. The molecule has 0 spiro atoms. The van der Waals surface area contributed by atoms with Crippen LogP contribution in [0.1, 0.15) is 13.8 Å². The Morgan fingerprint density at radius 2 is 2.00 bits per heavy atom. The Morgan fingerprint density at radius 1 is 1.56 bits per heavy atom. The highest BCUT2D eigenvalue weighted by molar-refractivity contribution is 5.95. The fourth-order valence-corrected chi connectivity index (χ4v) is 0.278. The van der Waals surface area contributed by atoms with Gasteiger partial charge in [0, 0.05) is 6.92 Å². The van der Waals surface area contributed by atoms with Crippen LogP contribution in [0.25, 0.3) is 0 Å². The Labute approximate surface area is 52.9 Å². The number of rotatable bonds is 1. The molecule has 0 saturated carbocycles. The average molecular weight is 131 g/mol. The van der Waals surface area contributed by atoms with E-state index in [1.165, 1.54) is 13.8 Å². The van der Waals surface area contributed by atoms with Gasteiger partial charge >= 0.3 is 0 Å². The Morgan fingerprint density at radius 3 is 2.11 bits per heavy atom. The molecule has 0 aromatic carbocycles. The normalized spacial score (nSPS) is 12.3. The Hall–Kier alpha value is -0.900. The molecule has 2 amide bonds. The summed E-state index contributed by atoms with van der Waals surface area (Å²) >= 11 is 0. The van der Waals surface area contributed by atoms with E-state index < -0.39 is 17.9 Å². The maximum atomic E-state index is 10.4. The van der Waals surface area contributed by atoms with Crippen molar-refractivity contribution in [1.29, 1.82) is 0 Å². The smallest absolute Gasteiger partial charge is 0.255 e. The zero-order valence-electron chi connectivity index (χ0n) is 5.34. The summed E-state index contributed by atoms with van der Waals surface area (Å²) in [5.41, 5.74) is 0. The molecule has 0 aromatic heterocycles. The first-order chi connectivity index (χ1) is 4.04. The molecule has 1 atom stereocenters. The number of hydrogen-bond donors (Lipinski definition) is 2. The second-order valence-corrected chi connectivity index (χ2v) is 1.72. The molecule has 52 valence electrons. The second-order valence-electron chi connectivity index (χ2n) is 1.72. The summed E-state index contributed by atoms with van der Waals surface area (Å²) in [4.78, 5) is 20.5. The molecule has 4 nitrogen and oxygen atoms in total. The molecule has 0 heterocycles. The second kappa shape index (κ2) is 3.19. The molecule has 0 rings (SSSR count). The van der Waals surface area contributed by atoms with E-state index in [2.05, 4.69) is 0 Å². The first-order valence-corrected chi connectivity index (χ1v) is 2.53. The van der Waals surface area contributed by atoms with E-state index in [0.717, 1.165) is 0 Å². The molecule has 0 bridgehead atoms. The number of hydrogen-bond acceptors (Lipinski definition) is 3. The first kappa shape index (κ1) is 8.10. The van der Waals surface area contributed by atoms with E-state index in [9.17, 15) is 9.59 Å². The molecule has 2 N–H and O–H groups in total. The van der Waals surface area contributed by atoms with Crippen LogP contribution in [0.3, 0.4) is 0 Å². The molecule has 0 radical (unpaired) electrons. The molecule has 0 aliphatic rings. The Bertz CT molecular complexity index is 130. The van der Waals surface area contributed by atoms with E-state index in [-0.39, 0.29) is 0 Å². The highest BCUT2D eigenvalue weighted by Crippen LogP contribution is 1.77. The van der Waals surface area contributed by atoms with Crippen LogP contribution in [-0.4, -0.2) is 23.0 Å². The minimum absolute atomic E-state index is 0.457. The molecular weight excluding hydrogens is 122 g/mol. The predicted octanol–water partition coefficient (Wildman–Crippen LogP) is -0.970. The number of carbonyl (C=O) groups excluding carboxylic acids is 2. The zero-order valence-corrected chi connectivity index (χ0v) is 5.34. The summed E-state index contributed by atoms with van der Waals surface area (Å²) < 4.78 is 0. The molecule has 9 heavy (non-hydrogen) atoms. The summed E-state index contributed by atoms with van der Waals surface area (Å²) in [6.07, 6.45) is -1.12. The molecule has 0 aromatic rings. The van der Waals surface area contributed by atoms with Crippen molar-refractivity contribution in [2.75, 3.05) is 0 Å². The van der Waals surface area contributed by atoms with E-state index in [1.807, 2.05) is 5.32 Å². The van der Waals surface area contributed by atoms with Crippen molar-refractivity contribution < 1.29 is 14.7 Å². The summed E-state index contributed by atoms with van der Waals surface area (Å²) in [7, 11) is 0. The highest BCUT2D eigenvalue weighted by Gasteiger charge is 2.08. The Balaban J connectivity index is 3.64. The van der Waals surface area contributed by atoms with Gasteiger partial charge in [-0.1, -0.05) is 0 Å². The largest absolute Gasteiger partial charge is 0.384 e. The lowest BCUT2D eigenvalue weighted by atomic mass is 10.4. The third-order valence-corrected chi connectivity index (χ3v) is 0.679. The fourth-order valence-electron chi connectivity index (χ4n) is 0.278. The minimum atomic E-state index is -1.12. The maximum absolute atomic E-state index is 10.4. The van der Waals surface area contributed by atoms with Crippen LogP contribution in [0.4, 0.5) is 0 Å². The summed E-state index contributed by atoms with van der Waals surface area (Å²) in [5.74, 6) is -1.12. The van der Waals surface area contributed by atoms with Gasteiger partial charge in [-0.05, 0) is 6.92 Å². The number of aliphatic hydroxyl groups excluding tert-OH is 1. The van der Waals surface area contributed by atoms with Crippen LogP contribution < -0.4 is 5.32 Å². The van der Waals surface area contributed by atoms with E-state index >= 15 is 0 Å². The number of amides is 2. The topological polar surface area (TPSA) is 66.4 Å². The lowest BCUT2D eigenvalue weighted by molar-refractivity contribution is -0.134. The van der Waals surface area contributed by atoms with Gasteiger partial charge in [0.05, 0.1) is 0 Å². The van der Waals surface area contributed by atoms with Crippen LogP contribution in [0.5, 0.6) is 0 Å². The first-order valence-electron chi connectivity index (χ1n) is 2.53. The molecule has 0 aliphatic carbocycles. The third kappa shape index (κ3) is 3.66. The van der Waals surface area contributed by atoms with E-state index in [4.69, 9.17) is 5.11 Å². The summed E-state index contributed by atoms with van der Waals surface area (Å²) in [6, 6.07) is 0. The molecular formula is C5H9NO3. The van der Waals surface area contributed by atoms with Gasteiger partial charge in [0.15, 0.2) is 0 Å². The van der Waals surface area contributed by atoms with E-state index in [1.54, 1.807) is 0 Å². The van der Waals surface area contributed by atoms with Crippen LogP contribution in [0, 0.1) is 0 Å². The van der Waals surface area contributed by atoms with Crippen molar-refractivity contribution in [2.24, 2.45) is 0 Å². The van der Waals surface area contributed by atoms with Crippen LogP contribution in [-0.2, 0) is 9.59 Å². The molecule has 0 saturated heterocycles. The SMILES string of the molecule is CC(=O)NC(=O)C(C)O. The van der Waals surface area contributed by atoms with Gasteiger partial charge in [0.1, 0.15) is 6.10 Å². The van der Waals surface area contributed by atoms with Gasteiger partial charge in [0.25, 0.3) is 5.91 Å². The van der Waals surface area contributed by atoms with Gasteiger partial charge in [-0.25, -0.2) is 0 Å². The molecule has 1 unspecified atom stereocenters. The van der Waals surface area contributed by atoms with Crippen molar-refractivity contribution >= 4 is 11.8 Å². The lowest BCUT2D eigenvalue weighted by Crippen LogP contribution is -2.35. The number of carbonyl (C=O) groups is 2. The molecule has 0 fully saturated rings. The predicted molar refractivity (Wildman–Crippen MR) is 30.5 cm³/mol. The van der Waals surface area contributed by atoms with Crippen molar-refractivity contribution in [2.45, 2.75) is 20.0 Å². The number of nitrogens with one attached hydrogen (secondary N) is 1. The maximum Gasteiger partial charge on any atom is 0.255 e. The summed E-state index contributed by atoms with van der Waals surface area (Å²) in [5, 5.41) is 10.4. The van der Waals surface area contributed by atoms with Gasteiger partial charge in [-0.15, -0.1) is 0 Å². The van der Waals surface area contributed by atoms with Gasteiger partial charge < -0.3 is 5.11 Å². The van der Waals surface area contributed by atoms with Gasteiger partial charge in [-0.3, -0.25) is 14.9 Å². The van der Waals surface area contributed by atoms with Crippen LogP contribution in [0.2, 0.25) is 0 Å². The highest BCUT2D eigenvalue weighted by atomic mass is 16.3. The van der Waals surface area contributed by atoms with Crippen LogP contribution >= 0.6 is 0 Å². The van der Waals surface area contributed by atoms with Crippen LogP contribution in [0.15, 0.2) is 0 Å². The minimum Gasteiger partial charge on any atom is -0.384 e. The van der Waals surface area contributed by atoms with Gasteiger partial charge in [0.2, 0.25) is 5.91 Å². The van der Waals surface area contributed by atoms with Crippen molar-refractivity contribution in [1.82, 2.24) is 5.32 Å². The standard InChI is InChI=1S/C5H9NO3/c1-3(7)5(9)6-4(2)8/h3,7H,1-2H3,(H,6,8,9). The quantitative estimate of drug-likeness (QED) is 0.481. The monoisotopic (exact) mass is 131 g/mol. The van der Waals surface area contributed by atoms with E-state index in [0.29, 0.717) is 0 Å². The van der Waals surface area contributed by atoms with Crippen molar-refractivity contribution in [3.8, 4) is 0 Å². The Kier molecular flexibility index (Phi) is 2.87. The number of aliphatic hydroxyl groups is 1. The van der Waals surface area contributed by atoms with Gasteiger partial charge in [-0.2, -0.15) is 0 Å². The average Bonchev–Trinajstić information content (AvgIpc) is 1.63. The van der Waals surface area contributed by atoms with Crippen molar-refractivity contribution in [3.63, 3.8) is 0 Å². The lowest BCUT2D eigenvalue weighted by Gasteiger charge is -2.00. The number of imide groups is 1. The molecule has 4 heteroatoms. The summed E-state index contributed by atoms with van der Waals surface area (Å²) in [6.45, 7) is 2.50. The fraction of sp³-hybridized carbons (Fsp3) is 0.600. The zero-order chi connectivity index (χ0) is 7.44.